The van der Waals surface area contributed by atoms with E-state index in [1.165, 1.54) is 20.8 Å². The summed E-state index contributed by atoms with van der Waals surface area (Å²) < 4.78 is 15.4. The minimum absolute atomic E-state index is 0.189. The number of phosphoric acid groups is 1. The molecule has 0 radical (unpaired) electrons. The summed E-state index contributed by atoms with van der Waals surface area (Å²) in [5.74, 6) is -4.41. The van der Waals surface area contributed by atoms with E-state index < -0.39 is 74.2 Å². The number of rotatable bonds is 11. The average molecular weight is 495 g/mol. The summed E-state index contributed by atoms with van der Waals surface area (Å²) in [6.07, 6.45) is 0.741. The van der Waals surface area contributed by atoms with Gasteiger partial charge in [0, 0.05) is 6.54 Å². The molecule has 0 aliphatic carbocycles. The van der Waals surface area contributed by atoms with Gasteiger partial charge >= 0.3 is 13.8 Å². The van der Waals surface area contributed by atoms with E-state index in [2.05, 4.69) is 20.5 Å². The monoisotopic (exact) mass is 495 g/mol. The first-order valence-corrected chi connectivity index (χ1v) is 11.6. The van der Waals surface area contributed by atoms with Gasteiger partial charge < -0.3 is 41.5 Å². The number of carboxylic acids is 1. The molecule has 0 saturated carbocycles. The molecule has 0 aromatic carbocycles. The Morgan fingerprint density at radius 3 is 2.12 bits per heavy atom. The minimum atomic E-state index is -5.01. The van der Waals surface area contributed by atoms with Crippen LogP contribution in [0.5, 0.6) is 0 Å². The first-order valence-electron chi connectivity index (χ1n) is 10.0. The lowest BCUT2D eigenvalue weighted by Gasteiger charge is -2.27. The molecular weight excluding hydrogens is 465 g/mol. The molecular formula is C17H30N5O10P. The highest BCUT2D eigenvalue weighted by molar-refractivity contribution is 7.46. The van der Waals surface area contributed by atoms with Gasteiger partial charge in [0.1, 0.15) is 24.2 Å². The SMILES string of the molecule is C[C@H](N)C(=O)N[C@@H](C)C(=O)N[C@@H](COP(=O)(O)O)C(=O)N[C@@H](C)C(=O)N1CCC[C@H]1C(=O)O. The minimum Gasteiger partial charge on any atom is -0.480 e. The van der Waals surface area contributed by atoms with Gasteiger partial charge in [0.2, 0.25) is 23.6 Å². The topological polar surface area (TPSA) is 238 Å². The van der Waals surface area contributed by atoms with E-state index in [0.29, 0.717) is 6.42 Å². The quantitative estimate of drug-likeness (QED) is 0.143. The molecule has 16 heteroatoms. The van der Waals surface area contributed by atoms with Crippen LogP contribution in [-0.4, -0.2) is 92.8 Å². The molecule has 5 atom stereocenters. The number of nitrogens with zero attached hydrogens (tertiary/aromatic N) is 1. The third-order valence-electron chi connectivity index (χ3n) is 4.76. The second-order valence-electron chi connectivity index (χ2n) is 7.62. The Bertz CT molecular complexity index is 816. The zero-order valence-corrected chi connectivity index (χ0v) is 19.3. The lowest BCUT2D eigenvalue weighted by Crippen LogP contribution is -2.58. The van der Waals surface area contributed by atoms with E-state index in [-0.39, 0.29) is 13.0 Å². The smallest absolute Gasteiger partial charge is 0.469 e. The summed E-state index contributed by atoms with van der Waals surface area (Å²) in [5, 5.41) is 16.0. The maximum Gasteiger partial charge on any atom is 0.469 e. The summed E-state index contributed by atoms with van der Waals surface area (Å²) in [6, 6.07) is -5.95. The van der Waals surface area contributed by atoms with Gasteiger partial charge in [-0.05, 0) is 33.6 Å². The summed E-state index contributed by atoms with van der Waals surface area (Å²) in [6.45, 7) is 3.22. The van der Waals surface area contributed by atoms with Crippen LogP contribution in [0.2, 0.25) is 0 Å². The number of phosphoric ester groups is 1. The van der Waals surface area contributed by atoms with Crippen LogP contribution in [0.15, 0.2) is 0 Å². The normalized spacial score (nSPS) is 19.7. The molecule has 0 aromatic rings. The predicted octanol–water partition coefficient (Wildman–Crippen LogP) is -2.99. The Morgan fingerprint density at radius 1 is 1.03 bits per heavy atom. The molecule has 1 heterocycles. The van der Waals surface area contributed by atoms with Gasteiger partial charge in [0.15, 0.2) is 0 Å². The molecule has 8 N–H and O–H groups in total. The average Bonchev–Trinajstić information content (AvgIpc) is 3.19. The fraction of sp³-hybridized carbons (Fsp3) is 0.706. The van der Waals surface area contributed by atoms with Crippen LogP contribution in [-0.2, 0) is 33.1 Å². The van der Waals surface area contributed by atoms with E-state index in [9.17, 15) is 33.6 Å². The standard InChI is InChI=1S/C17H30N5O10P/c1-8(18)13(23)19-9(2)14(24)21-11(7-32-33(29,30)31)15(25)20-10(3)16(26)22-6-4-5-12(22)17(27)28/h8-12H,4-7,18H2,1-3H3,(H,19,23)(H,20,25)(H,21,24)(H,27,28)(H2,29,30,31)/t8-,9-,10-,11-,12-/m0/s1. The van der Waals surface area contributed by atoms with Crippen LogP contribution in [0, 0.1) is 0 Å². The maximum absolute atomic E-state index is 12.6. The van der Waals surface area contributed by atoms with Crippen LogP contribution in [0.3, 0.4) is 0 Å². The van der Waals surface area contributed by atoms with Crippen molar-refractivity contribution in [2.24, 2.45) is 5.73 Å². The predicted molar refractivity (Wildman–Crippen MR) is 111 cm³/mol. The van der Waals surface area contributed by atoms with E-state index in [1.807, 2.05) is 0 Å². The molecule has 1 aliphatic heterocycles. The third kappa shape index (κ3) is 9.06. The zero-order chi connectivity index (χ0) is 25.5. The fourth-order valence-electron chi connectivity index (χ4n) is 2.97. The number of hydrogen-bond acceptors (Lipinski definition) is 8. The molecule has 1 saturated heterocycles. The van der Waals surface area contributed by atoms with Crippen LogP contribution in [0.1, 0.15) is 33.6 Å². The number of carbonyl (C=O) groups excluding carboxylic acids is 4. The first kappa shape index (κ1) is 28.5. The largest absolute Gasteiger partial charge is 0.480 e. The molecule has 0 unspecified atom stereocenters. The number of aliphatic carboxylic acids is 1. The zero-order valence-electron chi connectivity index (χ0n) is 18.4. The number of carbonyl (C=O) groups is 5. The second kappa shape index (κ2) is 12.0. The van der Waals surface area contributed by atoms with Crippen molar-refractivity contribution in [2.75, 3.05) is 13.2 Å². The Hall–Kier alpha value is -2.58. The number of hydrogen-bond donors (Lipinski definition) is 7. The molecule has 0 spiro atoms. The van der Waals surface area contributed by atoms with Crippen molar-refractivity contribution in [3.8, 4) is 0 Å². The number of nitrogens with one attached hydrogen (secondary N) is 3. The molecule has 4 amide bonds. The van der Waals surface area contributed by atoms with Gasteiger partial charge in [-0.1, -0.05) is 0 Å². The van der Waals surface area contributed by atoms with Gasteiger partial charge in [-0.3, -0.25) is 23.7 Å². The first-order chi connectivity index (χ1) is 15.1. The maximum atomic E-state index is 12.6. The highest BCUT2D eigenvalue weighted by Gasteiger charge is 2.37. The summed E-state index contributed by atoms with van der Waals surface area (Å²) >= 11 is 0. The van der Waals surface area contributed by atoms with Crippen molar-refractivity contribution in [3.63, 3.8) is 0 Å². The number of amides is 4. The summed E-state index contributed by atoms with van der Waals surface area (Å²) in [7, 11) is -5.01. The van der Waals surface area contributed by atoms with Gasteiger partial charge in [0.05, 0.1) is 12.6 Å². The second-order valence-corrected chi connectivity index (χ2v) is 8.86. The van der Waals surface area contributed by atoms with E-state index in [1.54, 1.807) is 0 Å². The van der Waals surface area contributed by atoms with E-state index >= 15 is 0 Å². The Labute approximate surface area is 189 Å². The van der Waals surface area contributed by atoms with Gasteiger partial charge in [-0.25, -0.2) is 9.36 Å². The van der Waals surface area contributed by atoms with Crippen molar-refractivity contribution in [3.05, 3.63) is 0 Å². The summed E-state index contributed by atoms with van der Waals surface area (Å²) in [4.78, 5) is 79.5. The van der Waals surface area contributed by atoms with Gasteiger partial charge in [-0.15, -0.1) is 0 Å². The molecule has 1 rings (SSSR count). The highest BCUT2D eigenvalue weighted by atomic mass is 31.2. The Morgan fingerprint density at radius 2 is 1.61 bits per heavy atom. The number of carboxylic acid groups (broad SMARTS) is 1. The van der Waals surface area contributed by atoms with Crippen molar-refractivity contribution >= 4 is 37.4 Å². The lowest BCUT2D eigenvalue weighted by molar-refractivity contribution is -0.149. The van der Waals surface area contributed by atoms with E-state index in [0.717, 1.165) is 4.90 Å². The Kier molecular flexibility index (Phi) is 10.4. The van der Waals surface area contributed by atoms with Crippen molar-refractivity contribution < 1.29 is 48.0 Å². The molecule has 1 fully saturated rings. The van der Waals surface area contributed by atoms with Crippen LogP contribution >= 0.6 is 7.82 Å². The molecule has 15 nitrogen and oxygen atoms in total. The fourth-order valence-corrected chi connectivity index (χ4v) is 3.32. The van der Waals surface area contributed by atoms with Crippen molar-refractivity contribution in [1.82, 2.24) is 20.9 Å². The molecule has 1 aliphatic rings. The lowest BCUT2D eigenvalue weighted by atomic mass is 10.2. The molecule has 33 heavy (non-hydrogen) atoms. The number of likely N-dealkylation sites (tertiary alicyclic amines) is 1. The third-order valence-corrected chi connectivity index (χ3v) is 5.24. The molecule has 0 bridgehead atoms. The van der Waals surface area contributed by atoms with Crippen LogP contribution in [0.4, 0.5) is 0 Å². The Balaban J connectivity index is 2.87. The molecule has 0 aromatic heterocycles. The summed E-state index contributed by atoms with van der Waals surface area (Å²) in [5.41, 5.74) is 5.41. The van der Waals surface area contributed by atoms with Crippen LogP contribution < -0.4 is 21.7 Å². The van der Waals surface area contributed by atoms with Crippen molar-refractivity contribution in [2.45, 2.75) is 63.8 Å². The van der Waals surface area contributed by atoms with Crippen LogP contribution in [0.25, 0.3) is 0 Å². The highest BCUT2D eigenvalue weighted by Crippen LogP contribution is 2.35. The van der Waals surface area contributed by atoms with E-state index in [4.69, 9.17) is 15.5 Å². The van der Waals surface area contributed by atoms with Crippen molar-refractivity contribution in [1.29, 1.82) is 0 Å². The van der Waals surface area contributed by atoms with Gasteiger partial charge in [0.25, 0.3) is 0 Å². The van der Waals surface area contributed by atoms with Gasteiger partial charge in [-0.2, -0.15) is 0 Å². The molecule has 188 valence electrons. The number of nitrogens with two attached hydrogens (primary N) is 1.